The number of nitrogens with one attached hydrogen (secondary N) is 1. The summed E-state index contributed by atoms with van der Waals surface area (Å²) in [5.74, 6) is -0.393. The fraction of sp³-hybridized carbons (Fsp3) is 0. The topological polar surface area (TPSA) is 98.0 Å². The summed E-state index contributed by atoms with van der Waals surface area (Å²) >= 11 is 1.25. The number of anilines is 1. The van der Waals surface area contributed by atoms with Gasteiger partial charge in [0.2, 0.25) is 5.13 Å². The maximum Gasteiger partial charge on any atom is 0.269 e. The van der Waals surface area contributed by atoms with E-state index in [-0.39, 0.29) is 5.69 Å². The number of nitro groups is 1. The molecule has 0 fully saturated rings. The normalized spacial score (nSPS) is 10.3. The number of carbonyl (C=O) groups is 1. The van der Waals surface area contributed by atoms with Crippen LogP contribution in [0.4, 0.5) is 10.8 Å². The van der Waals surface area contributed by atoms with Crippen LogP contribution in [0.5, 0.6) is 0 Å². The van der Waals surface area contributed by atoms with Crippen molar-refractivity contribution >= 4 is 28.1 Å². The van der Waals surface area contributed by atoms with E-state index in [0.29, 0.717) is 15.7 Å². The average molecular weight is 326 g/mol. The molecule has 1 N–H and O–H groups in total. The number of nitrogens with zero attached hydrogens (tertiary/aromatic N) is 3. The molecule has 1 heterocycles. The molecule has 0 bridgehead atoms. The van der Waals surface area contributed by atoms with E-state index >= 15 is 0 Å². The SMILES string of the molecule is O=C(Nc1nnc(-c2ccccc2)s1)c1ccc([N+](=O)[O-])cc1. The van der Waals surface area contributed by atoms with Crippen molar-refractivity contribution in [1.82, 2.24) is 10.2 Å². The van der Waals surface area contributed by atoms with E-state index in [0.717, 1.165) is 5.56 Å². The van der Waals surface area contributed by atoms with Crippen molar-refractivity contribution in [1.29, 1.82) is 0 Å². The van der Waals surface area contributed by atoms with E-state index in [4.69, 9.17) is 0 Å². The Labute approximate surface area is 134 Å². The third-order valence-corrected chi connectivity index (χ3v) is 3.89. The summed E-state index contributed by atoms with van der Waals surface area (Å²) in [6.07, 6.45) is 0. The first-order valence-corrected chi connectivity index (χ1v) is 7.40. The fourth-order valence-corrected chi connectivity index (χ4v) is 2.62. The molecule has 0 atom stereocenters. The molecule has 114 valence electrons. The largest absolute Gasteiger partial charge is 0.296 e. The van der Waals surface area contributed by atoms with Crippen LogP contribution in [0.2, 0.25) is 0 Å². The Morgan fingerprint density at radius 2 is 1.74 bits per heavy atom. The number of carbonyl (C=O) groups excluding carboxylic acids is 1. The van der Waals surface area contributed by atoms with Gasteiger partial charge in [-0.05, 0) is 12.1 Å². The molecular formula is C15H10N4O3S. The monoisotopic (exact) mass is 326 g/mol. The van der Waals surface area contributed by atoms with Gasteiger partial charge in [0.05, 0.1) is 4.92 Å². The Hall–Kier alpha value is -3.13. The molecule has 1 aromatic heterocycles. The molecule has 1 amide bonds. The summed E-state index contributed by atoms with van der Waals surface area (Å²) in [7, 11) is 0. The van der Waals surface area contributed by atoms with Gasteiger partial charge in [0.1, 0.15) is 5.01 Å². The van der Waals surface area contributed by atoms with Crippen LogP contribution in [-0.4, -0.2) is 21.0 Å². The molecule has 3 rings (SSSR count). The van der Waals surface area contributed by atoms with E-state index in [9.17, 15) is 14.9 Å². The number of benzene rings is 2. The molecule has 8 heteroatoms. The quantitative estimate of drug-likeness (QED) is 0.585. The van der Waals surface area contributed by atoms with Crippen LogP contribution in [0.15, 0.2) is 54.6 Å². The van der Waals surface area contributed by atoms with Crippen molar-refractivity contribution in [3.05, 3.63) is 70.3 Å². The van der Waals surface area contributed by atoms with Crippen molar-refractivity contribution in [2.24, 2.45) is 0 Å². The van der Waals surface area contributed by atoms with Gasteiger partial charge in [0.25, 0.3) is 11.6 Å². The molecule has 0 radical (unpaired) electrons. The van der Waals surface area contributed by atoms with E-state index < -0.39 is 10.8 Å². The molecule has 7 nitrogen and oxygen atoms in total. The van der Waals surface area contributed by atoms with E-state index in [1.807, 2.05) is 30.3 Å². The number of nitro benzene ring substituents is 1. The predicted octanol–water partition coefficient (Wildman–Crippen LogP) is 3.37. The highest BCUT2D eigenvalue weighted by Gasteiger charge is 2.12. The number of rotatable bonds is 4. The number of hydrogen-bond acceptors (Lipinski definition) is 6. The first kappa shape index (κ1) is 14.8. The molecule has 0 unspecified atom stereocenters. The van der Waals surface area contributed by atoms with Crippen molar-refractivity contribution < 1.29 is 9.72 Å². The highest BCUT2D eigenvalue weighted by Crippen LogP contribution is 2.26. The maximum absolute atomic E-state index is 12.1. The van der Waals surface area contributed by atoms with Crippen molar-refractivity contribution in [2.75, 3.05) is 5.32 Å². The Bertz CT molecular complexity index is 847. The lowest BCUT2D eigenvalue weighted by molar-refractivity contribution is -0.384. The molecular weight excluding hydrogens is 316 g/mol. The van der Waals surface area contributed by atoms with E-state index in [2.05, 4.69) is 15.5 Å². The molecule has 3 aromatic rings. The van der Waals surface area contributed by atoms with Gasteiger partial charge >= 0.3 is 0 Å². The van der Waals surface area contributed by atoms with Crippen LogP contribution in [0.3, 0.4) is 0 Å². The third-order valence-electron chi connectivity index (χ3n) is 3.01. The first-order chi connectivity index (χ1) is 11.1. The molecule has 0 aliphatic rings. The molecule has 2 aromatic carbocycles. The second-order valence-electron chi connectivity index (χ2n) is 4.54. The molecule has 0 aliphatic carbocycles. The summed E-state index contributed by atoms with van der Waals surface area (Å²) in [5.41, 5.74) is 1.16. The lowest BCUT2D eigenvalue weighted by Gasteiger charge is -2.00. The second kappa shape index (κ2) is 6.32. The van der Waals surface area contributed by atoms with Crippen LogP contribution in [0, 0.1) is 10.1 Å². The summed E-state index contributed by atoms with van der Waals surface area (Å²) in [4.78, 5) is 22.2. The lowest BCUT2D eigenvalue weighted by atomic mass is 10.2. The maximum atomic E-state index is 12.1. The van der Waals surface area contributed by atoms with Gasteiger partial charge in [0, 0.05) is 23.3 Å². The number of amides is 1. The predicted molar refractivity (Wildman–Crippen MR) is 86.4 cm³/mol. The second-order valence-corrected chi connectivity index (χ2v) is 5.51. The van der Waals surface area contributed by atoms with E-state index in [1.54, 1.807) is 0 Å². The van der Waals surface area contributed by atoms with Crippen LogP contribution >= 0.6 is 11.3 Å². The number of hydrogen-bond donors (Lipinski definition) is 1. The van der Waals surface area contributed by atoms with Gasteiger partial charge < -0.3 is 0 Å². The fourth-order valence-electron chi connectivity index (χ4n) is 1.87. The Morgan fingerprint density at radius 3 is 2.39 bits per heavy atom. The zero-order valence-electron chi connectivity index (χ0n) is 11.7. The molecule has 23 heavy (non-hydrogen) atoms. The third kappa shape index (κ3) is 3.38. The van der Waals surface area contributed by atoms with Gasteiger partial charge in [0.15, 0.2) is 0 Å². The Morgan fingerprint density at radius 1 is 1.04 bits per heavy atom. The summed E-state index contributed by atoms with van der Waals surface area (Å²) in [6, 6.07) is 14.9. The Balaban J connectivity index is 1.73. The minimum Gasteiger partial charge on any atom is -0.296 e. The van der Waals surface area contributed by atoms with Gasteiger partial charge in [-0.2, -0.15) is 0 Å². The van der Waals surface area contributed by atoms with Crippen LogP contribution < -0.4 is 5.32 Å². The van der Waals surface area contributed by atoms with Crippen LogP contribution in [0.25, 0.3) is 10.6 Å². The zero-order valence-corrected chi connectivity index (χ0v) is 12.5. The standard InChI is InChI=1S/C15H10N4O3S/c20-13(10-6-8-12(9-7-10)19(21)22)16-15-18-17-14(23-15)11-4-2-1-3-5-11/h1-9H,(H,16,18,20). The lowest BCUT2D eigenvalue weighted by Crippen LogP contribution is -2.11. The highest BCUT2D eigenvalue weighted by molar-refractivity contribution is 7.18. The van der Waals surface area contributed by atoms with Gasteiger partial charge in [-0.1, -0.05) is 41.7 Å². The molecule has 0 aliphatic heterocycles. The Kier molecular flexibility index (Phi) is 4.07. The zero-order chi connectivity index (χ0) is 16.2. The molecule has 0 spiro atoms. The van der Waals surface area contributed by atoms with Crippen molar-refractivity contribution in [2.45, 2.75) is 0 Å². The van der Waals surface area contributed by atoms with E-state index in [1.165, 1.54) is 35.6 Å². The average Bonchev–Trinajstić information content (AvgIpc) is 3.04. The van der Waals surface area contributed by atoms with Crippen LogP contribution in [-0.2, 0) is 0 Å². The minimum absolute atomic E-state index is 0.0659. The van der Waals surface area contributed by atoms with Crippen molar-refractivity contribution in [3.63, 3.8) is 0 Å². The molecule has 0 saturated heterocycles. The highest BCUT2D eigenvalue weighted by atomic mass is 32.1. The van der Waals surface area contributed by atoms with Gasteiger partial charge in [-0.25, -0.2) is 0 Å². The first-order valence-electron chi connectivity index (χ1n) is 6.58. The van der Waals surface area contributed by atoms with Crippen LogP contribution in [0.1, 0.15) is 10.4 Å². The van der Waals surface area contributed by atoms with Crippen molar-refractivity contribution in [3.8, 4) is 10.6 Å². The number of non-ortho nitro benzene ring substituents is 1. The summed E-state index contributed by atoms with van der Waals surface area (Å²) in [6.45, 7) is 0. The number of aromatic nitrogens is 2. The summed E-state index contributed by atoms with van der Waals surface area (Å²) < 4.78 is 0. The van der Waals surface area contributed by atoms with Gasteiger partial charge in [-0.3, -0.25) is 20.2 Å². The van der Waals surface area contributed by atoms with Gasteiger partial charge in [-0.15, -0.1) is 10.2 Å². The summed E-state index contributed by atoms with van der Waals surface area (Å²) in [5, 5.41) is 22.3. The molecule has 0 saturated carbocycles. The minimum atomic E-state index is -0.515. The smallest absolute Gasteiger partial charge is 0.269 e.